The van der Waals surface area contributed by atoms with E-state index in [1.807, 2.05) is 61.5 Å². The molecule has 1 atom stereocenters. The molecule has 3 aromatic rings. The number of aliphatic hydroxyl groups is 1. The van der Waals surface area contributed by atoms with Crippen LogP contribution in [0.1, 0.15) is 34.7 Å². The molecule has 0 radical (unpaired) electrons. The number of carbonyl (C=O) groups excluding carboxylic acids is 2. The molecule has 0 saturated heterocycles. The summed E-state index contributed by atoms with van der Waals surface area (Å²) in [6, 6.07) is 22.4. The van der Waals surface area contributed by atoms with E-state index in [0.29, 0.717) is 12.0 Å². The van der Waals surface area contributed by atoms with Crippen LogP contribution >= 0.6 is 0 Å². The van der Waals surface area contributed by atoms with E-state index in [1.165, 1.54) is 17.0 Å². The molecule has 1 aliphatic rings. The average Bonchev–Trinajstić information content (AvgIpc) is 3.04. The van der Waals surface area contributed by atoms with E-state index in [1.54, 1.807) is 12.1 Å². The molecular formula is C27H24FNO3. The van der Waals surface area contributed by atoms with Crippen molar-refractivity contribution in [2.45, 2.75) is 32.4 Å². The zero-order chi connectivity index (χ0) is 22.7. The van der Waals surface area contributed by atoms with Crippen LogP contribution in [0.4, 0.5) is 4.39 Å². The van der Waals surface area contributed by atoms with Crippen LogP contribution in [-0.2, 0) is 22.6 Å². The Morgan fingerprint density at radius 3 is 2.38 bits per heavy atom. The monoisotopic (exact) mass is 429 g/mol. The van der Waals surface area contributed by atoms with Gasteiger partial charge in [-0.25, -0.2) is 4.39 Å². The highest BCUT2D eigenvalue weighted by atomic mass is 19.1. The Morgan fingerprint density at radius 1 is 0.969 bits per heavy atom. The Balaban J connectivity index is 1.67. The van der Waals surface area contributed by atoms with Gasteiger partial charge in [-0.2, -0.15) is 0 Å². The van der Waals surface area contributed by atoms with Crippen LogP contribution in [0.25, 0.3) is 0 Å². The molecule has 32 heavy (non-hydrogen) atoms. The minimum atomic E-state index is -0.698. The van der Waals surface area contributed by atoms with Gasteiger partial charge in [-0.15, -0.1) is 0 Å². The van der Waals surface area contributed by atoms with Gasteiger partial charge in [0.15, 0.2) is 11.5 Å². The second-order valence-electron chi connectivity index (χ2n) is 8.05. The van der Waals surface area contributed by atoms with Gasteiger partial charge < -0.3 is 10.0 Å². The summed E-state index contributed by atoms with van der Waals surface area (Å²) in [5, 5.41) is 10.7. The van der Waals surface area contributed by atoms with Gasteiger partial charge in [-0.1, -0.05) is 72.3 Å². The second kappa shape index (κ2) is 9.18. The van der Waals surface area contributed by atoms with Crippen molar-refractivity contribution >= 4 is 11.7 Å². The Bertz CT molecular complexity index is 1170. The Morgan fingerprint density at radius 2 is 1.69 bits per heavy atom. The number of hydrogen-bond donors (Lipinski definition) is 1. The van der Waals surface area contributed by atoms with E-state index >= 15 is 0 Å². The summed E-state index contributed by atoms with van der Waals surface area (Å²) < 4.78 is 13.3. The summed E-state index contributed by atoms with van der Waals surface area (Å²) in [5.74, 6) is -1.72. The summed E-state index contributed by atoms with van der Waals surface area (Å²) in [7, 11) is 0. The third-order valence-corrected chi connectivity index (χ3v) is 5.71. The third-order valence-electron chi connectivity index (χ3n) is 5.71. The first-order chi connectivity index (χ1) is 15.4. The molecule has 4 nitrogen and oxygen atoms in total. The van der Waals surface area contributed by atoms with E-state index in [0.717, 1.165) is 16.7 Å². The minimum Gasteiger partial charge on any atom is -0.503 e. The maximum Gasteiger partial charge on any atom is 0.290 e. The van der Waals surface area contributed by atoms with Crippen LogP contribution in [-0.4, -0.2) is 21.7 Å². The maximum absolute atomic E-state index is 13.3. The molecular weight excluding hydrogens is 405 g/mol. The molecule has 0 aromatic heterocycles. The van der Waals surface area contributed by atoms with Gasteiger partial charge in [0, 0.05) is 13.0 Å². The van der Waals surface area contributed by atoms with Gasteiger partial charge >= 0.3 is 0 Å². The van der Waals surface area contributed by atoms with E-state index in [2.05, 4.69) is 0 Å². The maximum atomic E-state index is 13.3. The van der Waals surface area contributed by atoms with Crippen molar-refractivity contribution in [3.05, 3.63) is 118 Å². The predicted molar refractivity (Wildman–Crippen MR) is 120 cm³/mol. The lowest BCUT2D eigenvalue weighted by Crippen LogP contribution is -2.30. The van der Waals surface area contributed by atoms with E-state index < -0.39 is 17.7 Å². The number of halogens is 1. The van der Waals surface area contributed by atoms with Crippen LogP contribution in [0.3, 0.4) is 0 Å². The summed E-state index contributed by atoms with van der Waals surface area (Å²) in [6.45, 7) is 2.09. The molecule has 0 bridgehead atoms. The molecule has 3 aromatic carbocycles. The topological polar surface area (TPSA) is 57.6 Å². The molecule has 0 fully saturated rings. The van der Waals surface area contributed by atoms with Gasteiger partial charge in [-0.3, -0.25) is 9.59 Å². The van der Waals surface area contributed by atoms with Crippen molar-refractivity contribution < 1.29 is 19.1 Å². The standard InChI is InChI=1S/C27H24FNO3/c1-18-6-5-9-21(16-18)25-24(23(30)15-12-19-7-3-2-4-8-19)26(31)27(32)29(25)17-20-10-13-22(28)14-11-20/h2-11,13-14,16,25,31H,12,15,17H2,1H3. The van der Waals surface area contributed by atoms with Gasteiger partial charge in [0.05, 0.1) is 11.6 Å². The normalized spacial score (nSPS) is 16.0. The zero-order valence-corrected chi connectivity index (χ0v) is 17.8. The van der Waals surface area contributed by atoms with Crippen molar-refractivity contribution in [1.82, 2.24) is 4.90 Å². The van der Waals surface area contributed by atoms with E-state index in [4.69, 9.17) is 0 Å². The highest BCUT2D eigenvalue weighted by Crippen LogP contribution is 2.39. The number of ketones is 1. The Kier molecular flexibility index (Phi) is 6.17. The quantitative estimate of drug-likeness (QED) is 0.559. The molecule has 4 rings (SSSR count). The number of benzene rings is 3. The number of rotatable bonds is 7. The molecule has 162 valence electrons. The van der Waals surface area contributed by atoms with Crippen molar-refractivity contribution in [2.75, 3.05) is 0 Å². The number of nitrogens with zero attached hydrogens (tertiary/aromatic N) is 1. The number of carbonyl (C=O) groups is 2. The zero-order valence-electron chi connectivity index (χ0n) is 17.8. The van der Waals surface area contributed by atoms with Crippen LogP contribution in [0.15, 0.2) is 90.2 Å². The summed E-state index contributed by atoms with van der Waals surface area (Å²) in [5.41, 5.74) is 3.59. The summed E-state index contributed by atoms with van der Waals surface area (Å²) >= 11 is 0. The van der Waals surface area contributed by atoms with Gasteiger partial charge in [0.25, 0.3) is 5.91 Å². The fourth-order valence-corrected chi connectivity index (χ4v) is 4.11. The molecule has 0 saturated carbocycles. The molecule has 5 heteroatoms. The van der Waals surface area contributed by atoms with Gasteiger partial charge in [0.2, 0.25) is 0 Å². The van der Waals surface area contributed by atoms with Crippen LogP contribution in [0, 0.1) is 12.7 Å². The Hall–Kier alpha value is -3.73. The predicted octanol–water partition coefficient (Wildman–Crippen LogP) is 5.23. The van der Waals surface area contributed by atoms with Gasteiger partial charge in [0.1, 0.15) is 5.82 Å². The highest BCUT2D eigenvalue weighted by molar-refractivity contribution is 6.09. The summed E-state index contributed by atoms with van der Waals surface area (Å²) in [6.07, 6.45) is 0.701. The van der Waals surface area contributed by atoms with Crippen molar-refractivity contribution in [2.24, 2.45) is 0 Å². The van der Waals surface area contributed by atoms with E-state index in [9.17, 15) is 19.1 Å². The number of Topliss-reactive ketones (excluding diaryl/α,β-unsaturated/α-hetero) is 1. The first-order valence-electron chi connectivity index (χ1n) is 10.6. The molecule has 0 spiro atoms. The minimum absolute atomic E-state index is 0.124. The van der Waals surface area contributed by atoms with Crippen LogP contribution in [0.2, 0.25) is 0 Å². The lowest BCUT2D eigenvalue weighted by molar-refractivity contribution is -0.130. The second-order valence-corrected chi connectivity index (χ2v) is 8.05. The van der Waals surface area contributed by atoms with Crippen molar-refractivity contribution in [3.8, 4) is 0 Å². The first kappa shape index (κ1) is 21.5. The Labute approximate surface area is 186 Å². The fraction of sp³-hybridized carbons (Fsp3) is 0.185. The van der Waals surface area contributed by atoms with Crippen molar-refractivity contribution in [1.29, 1.82) is 0 Å². The fourth-order valence-electron chi connectivity index (χ4n) is 4.11. The largest absolute Gasteiger partial charge is 0.503 e. The first-order valence-corrected chi connectivity index (χ1v) is 10.6. The van der Waals surface area contributed by atoms with E-state index in [-0.39, 0.29) is 30.1 Å². The lowest BCUT2D eigenvalue weighted by Gasteiger charge is -2.27. The molecule has 1 amide bonds. The molecule has 1 aliphatic heterocycles. The molecule has 1 N–H and O–H groups in total. The van der Waals surface area contributed by atoms with Gasteiger partial charge in [-0.05, 0) is 42.2 Å². The average molecular weight is 429 g/mol. The van der Waals surface area contributed by atoms with Crippen LogP contribution in [0.5, 0.6) is 0 Å². The number of aryl methyl sites for hydroxylation is 2. The summed E-state index contributed by atoms with van der Waals surface area (Å²) in [4.78, 5) is 27.7. The number of aliphatic hydroxyl groups excluding tert-OH is 1. The molecule has 0 aliphatic carbocycles. The molecule has 1 heterocycles. The van der Waals surface area contributed by atoms with Crippen molar-refractivity contribution in [3.63, 3.8) is 0 Å². The molecule has 1 unspecified atom stereocenters. The smallest absolute Gasteiger partial charge is 0.290 e. The SMILES string of the molecule is Cc1cccc(C2C(C(=O)CCc3ccccc3)=C(O)C(=O)N2Cc2ccc(F)cc2)c1. The number of amides is 1. The number of hydrogen-bond acceptors (Lipinski definition) is 3. The lowest BCUT2D eigenvalue weighted by atomic mass is 9.92. The van der Waals surface area contributed by atoms with Crippen LogP contribution < -0.4 is 0 Å². The highest BCUT2D eigenvalue weighted by Gasteiger charge is 2.43. The third kappa shape index (κ3) is 4.47.